The number of carbonyl (C=O) groups is 2. The normalized spacial score (nSPS) is 16.4. The molecule has 0 aliphatic carbocycles. The SMILES string of the molecule is CC1NC(=O)c2cc(F)ccc2N1Nc1ccc(F)cc1C(N)=O. The van der Waals surface area contributed by atoms with Crippen molar-refractivity contribution in [3.63, 3.8) is 0 Å². The van der Waals surface area contributed by atoms with E-state index >= 15 is 0 Å². The van der Waals surface area contributed by atoms with E-state index < -0.39 is 29.6 Å². The average molecular weight is 332 g/mol. The molecule has 1 unspecified atom stereocenters. The van der Waals surface area contributed by atoms with Crippen molar-refractivity contribution in [2.24, 2.45) is 5.73 Å². The van der Waals surface area contributed by atoms with Crippen molar-refractivity contribution in [2.45, 2.75) is 13.1 Å². The standard InChI is InChI=1S/C16H14F2N4O2/c1-8-20-16(24)12-7-10(18)3-5-14(12)22(8)21-13-4-2-9(17)6-11(13)15(19)23/h2-8,21H,1H3,(H2,19,23)(H,20,24). The minimum Gasteiger partial charge on any atom is -0.366 e. The highest BCUT2D eigenvalue weighted by atomic mass is 19.1. The molecule has 0 saturated carbocycles. The predicted molar refractivity (Wildman–Crippen MR) is 84.3 cm³/mol. The molecule has 0 radical (unpaired) electrons. The average Bonchev–Trinajstić information content (AvgIpc) is 2.52. The van der Waals surface area contributed by atoms with Crippen molar-refractivity contribution >= 4 is 23.2 Å². The highest BCUT2D eigenvalue weighted by molar-refractivity contribution is 6.03. The number of anilines is 2. The molecule has 2 aromatic rings. The number of halogens is 2. The van der Waals surface area contributed by atoms with Crippen molar-refractivity contribution < 1.29 is 18.4 Å². The zero-order valence-electron chi connectivity index (χ0n) is 12.6. The van der Waals surface area contributed by atoms with Gasteiger partial charge in [0, 0.05) is 0 Å². The summed E-state index contributed by atoms with van der Waals surface area (Å²) in [5.74, 6) is -2.36. The molecule has 1 atom stereocenters. The van der Waals surface area contributed by atoms with Crippen LogP contribution in [0.3, 0.4) is 0 Å². The van der Waals surface area contributed by atoms with Gasteiger partial charge in [0.2, 0.25) is 0 Å². The molecule has 1 aliphatic rings. The number of fused-ring (bicyclic) bond motifs is 1. The Morgan fingerprint density at radius 1 is 1.21 bits per heavy atom. The molecular formula is C16H14F2N4O2. The monoisotopic (exact) mass is 332 g/mol. The van der Waals surface area contributed by atoms with Gasteiger partial charge in [-0.1, -0.05) is 0 Å². The van der Waals surface area contributed by atoms with Crippen LogP contribution in [0.25, 0.3) is 0 Å². The summed E-state index contributed by atoms with van der Waals surface area (Å²) in [4.78, 5) is 23.5. The van der Waals surface area contributed by atoms with Gasteiger partial charge in [-0.2, -0.15) is 0 Å². The molecule has 1 heterocycles. The minimum absolute atomic E-state index is 0.0391. The largest absolute Gasteiger partial charge is 0.366 e. The molecule has 8 heteroatoms. The summed E-state index contributed by atoms with van der Waals surface area (Å²) in [6.45, 7) is 1.70. The third-order valence-corrected chi connectivity index (χ3v) is 3.68. The molecule has 0 bridgehead atoms. The Morgan fingerprint density at radius 3 is 2.58 bits per heavy atom. The van der Waals surface area contributed by atoms with E-state index in [0.29, 0.717) is 5.69 Å². The van der Waals surface area contributed by atoms with Gasteiger partial charge < -0.3 is 11.1 Å². The van der Waals surface area contributed by atoms with Crippen LogP contribution >= 0.6 is 0 Å². The Labute approximate surface area is 136 Å². The van der Waals surface area contributed by atoms with Crippen molar-refractivity contribution in [1.29, 1.82) is 0 Å². The first-order chi connectivity index (χ1) is 11.4. The van der Waals surface area contributed by atoms with Crippen molar-refractivity contribution in [2.75, 3.05) is 10.4 Å². The second-order valence-electron chi connectivity index (χ2n) is 5.35. The van der Waals surface area contributed by atoms with Gasteiger partial charge in [-0.15, -0.1) is 0 Å². The number of benzene rings is 2. The van der Waals surface area contributed by atoms with E-state index in [1.54, 1.807) is 6.92 Å². The topological polar surface area (TPSA) is 87.5 Å². The van der Waals surface area contributed by atoms with Gasteiger partial charge in [-0.3, -0.25) is 20.0 Å². The van der Waals surface area contributed by atoms with Crippen LogP contribution in [-0.2, 0) is 0 Å². The minimum atomic E-state index is -0.801. The first-order valence-corrected chi connectivity index (χ1v) is 7.12. The molecule has 4 N–H and O–H groups in total. The molecule has 2 amide bonds. The molecule has 2 aromatic carbocycles. The summed E-state index contributed by atoms with van der Waals surface area (Å²) in [7, 11) is 0. The predicted octanol–water partition coefficient (Wildman–Crippen LogP) is 1.99. The zero-order chi connectivity index (χ0) is 17.4. The first kappa shape index (κ1) is 15.7. The quantitative estimate of drug-likeness (QED) is 0.802. The maximum atomic E-state index is 13.4. The Balaban J connectivity index is 2.03. The second-order valence-corrected chi connectivity index (χ2v) is 5.35. The molecule has 0 saturated heterocycles. The lowest BCUT2D eigenvalue weighted by molar-refractivity contribution is 0.0930. The van der Waals surface area contributed by atoms with E-state index in [0.717, 1.165) is 12.1 Å². The van der Waals surface area contributed by atoms with Gasteiger partial charge in [-0.25, -0.2) is 8.78 Å². The fourth-order valence-electron chi connectivity index (χ4n) is 2.55. The Bertz CT molecular complexity index is 841. The Kier molecular flexibility index (Phi) is 3.80. The van der Waals surface area contributed by atoms with Gasteiger partial charge in [0.05, 0.1) is 22.5 Å². The van der Waals surface area contributed by atoms with Crippen LogP contribution in [0.1, 0.15) is 27.6 Å². The molecule has 3 rings (SSSR count). The lowest BCUT2D eigenvalue weighted by atomic mass is 10.1. The molecule has 6 nitrogen and oxygen atoms in total. The van der Waals surface area contributed by atoms with Gasteiger partial charge in [0.15, 0.2) is 0 Å². The molecule has 0 aromatic heterocycles. The first-order valence-electron chi connectivity index (χ1n) is 7.12. The van der Waals surface area contributed by atoms with Crippen LogP contribution < -0.4 is 21.5 Å². The molecule has 0 fully saturated rings. The van der Waals surface area contributed by atoms with Crippen molar-refractivity contribution in [3.8, 4) is 0 Å². The van der Waals surface area contributed by atoms with E-state index in [1.165, 1.54) is 29.3 Å². The number of rotatable bonds is 3. The third-order valence-electron chi connectivity index (χ3n) is 3.68. The lowest BCUT2D eigenvalue weighted by Gasteiger charge is -2.37. The van der Waals surface area contributed by atoms with E-state index in [9.17, 15) is 18.4 Å². The number of hydrogen-bond donors (Lipinski definition) is 3. The summed E-state index contributed by atoms with van der Waals surface area (Å²) in [5.41, 5.74) is 9.00. The van der Waals surface area contributed by atoms with Crippen molar-refractivity contribution in [1.82, 2.24) is 5.32 Å². The molecule has 124 valence electrons. The highest BCUT2D eigenvalue weighted by Crippen LogP contribution is 2.28. The summed E-state index contributed by atoms with van der Waals surface area (Å²) in [6, 6.07) is 7.34. The lowest BCUT2D eigenvalue weighted by Crippen LogP contribution is -2.53. The third kappa shape index (κ3) is 2.73. The second kappa shape index (κ2) is 5.80. The van der Waals surface area contributed by atoms with Crippen molar-refractivity contribution in [3.05, 3.63) is 59.2 Å². The van der Waals surface area contributed by atoms with Crippen LogP contribution in [0.4, 0.5) is 20.2 Å². The number of nitrogens with zero attached hydrogens (tertiary/aromatic N) is 1. The summed E-state index contributed by atoms with van der Waals surface area (Å²) >= 11 is 0. The number of carbonyl (C=O) groups excluding carboxylic acids is 2. The summed E-state index contributed by atoms with van der Waals surface area (Å²) in [5, 5.41) is 4.20. The number of primary amides is 1. The van der Waals surface area contributed by atoms with E-state index in [4.69, 9.17) is 5.73 Å². The van der Waals surface area contributed by atoms with Crippen LogP contribution in [-0.4, -0.2) is 18.0 Å². The molecule has 24 heavy (non-hydrogen) atoms. The van der Waals surface area contributed by atoms with Crippen LogP contribution in [0, 0.1) is 11.6 Å². The maximum Gasteiger partial charge on any atom is 0.255 e. The fourth-order valence-corrected chi connectivity index (χ4v) is 2.55. The molecule has 1 aliphatic heterocycles. The maximum absolute atomic E-state index is 13.4. The van der Waals surface area contributed by atoms with E-state index in [1.807, 2.05) is 0 Å². The zero-order valence-corrected chi connectivity index (χ0v) is 12.6. The van der Waals surface area contributed by atoms with Gasteiger partial charge >= 0.3 is 0 Å². The van der Waals surface area contributed by atoms with Gasteiger partial charge in [0.1, 0.15) is 17.8 Å². The fraction of sp³-hybridized carbons (Fsp3) is 0.125. The summed E-state index contributed by atoms with van der Waals surface area (Å²) < 4.78 is 26.8. The smallest absolute Gasteiger partial charge is 0.255 e. The van der Waals surface area contributed by atoms with Gasteiger partial charge in [-0.05, 0) is 43.3 Å². The van der Waals surface area contributed by atoms with Crippen LogP contribution in [0.5, 0.6) is 0 Å². The summed E-state index contributed by atoms with van der Waals surface area (Å²) in [6.07, 6.45) is -0.499. The number of hydrogen-bond acceptors (Lipinski definition) is 4. The van der Waals surface area contributed by atoms with Gasteiger partial charge in [0.25, 0.3) is 11.8 Å². The van der Waals surface area contributed by atoms with Crippen LogP contribution in [0.15, 0.2) is 36.4 Å². The molecular weight excluding hydrogens is 318 g/mol. The number of amides is 2. The number of nitrogens with one attached hydrogen (secondary N) is 2. The Hall–Kier alpha value is -3.16. The van der Waals surface area contributed by atoms with Crippen LogP contribution in [0.2, 0.25) is 0 Å². The number of nitrogens with two attached hydrogens (primary N) is 1. The van der Waals surface area contributed by atoms with E-state index in [-0.39, 0.29) is 16.8 Å². The number of hydrazine groups is 1. The molecule has 0 spiro atoms. The highest BCUT2D eigenvalue weighted by Gasteiger charge is 2.29. The van der Waals surface area contributed by atoms with E-state index in [2.05, 4.69) is 10.7 Å². The Morgan fingerprint density at radius 2 is 1.88 bits per heavy atom.